The van der Waals surface area contributed by atoms with Crippen molar-refractivity contribution >= 4 is 17.2 Å². The van der Waals surface area contributed by atoms with E-state index in [0.717, 1.165) is 18.0 Å². The Morgan fingerprint density at radius 2 is 2.19 bits per heavy atom. The van der Waals surface area contributed by atoms with Gasteiger partial charge < -0.3 is 14.5 Å². The first-order chi connectivity index (χ1) is 10.3. The molecule has 7 nitrogen and oxygen atoms in total. The summed E-state index contributed by atoms with van der Waals surface area (Å²) in [4.78, 5) is 20.6. The zero-order chi connectivity index (χ0) is 14.7. The van der Waals surface area contributed by atoms with Gasteiger partial charge in [0.15, 0.2) is 0 Å². The van der Waals surface area contributed by atoms with Crippen LogP contribution in [0, 0.1) is 0 Å². The van der Waals surface area contributed by atoms with Gasteiger partial charge in [0.25, 0.3) is 0 Å². The van der Waals surface area contributed by atoms with E-state index in [-0.39, 0.29) is 5.91 Å². The number of hydrogen-bond donors (Lipinski definition) is 1. The third-order valence-electron chi connectivity index (χ3n) is 3.43. The van der Waals surface area contributed by atoms with Gasteiger partial charge in [-0.3, -0.25) is 9.69 Å². The van der Waals surface area contributed by atoms with Crippen LogP contribution in [-0.4, -0.2) is 63.7 Å². The predicted molar refractivity (Wildman–Crippen MR) is 76.6 cm³/mol. The molecule has 1 saturated heterocycles. The number of aliphatic hydroxyl groups is 1. The lowest BCUT2D eigenvalue weighted by atomic mass is 10.3. The molecule has 1 aliphatic heterocycles. The van der Waals surface area contributed by atoms with Crippen LogP contribution in [0.2, 0.25) is 0 Å². The van der Waals surface area contributed by atoms with E-state index >= 15 is 0 Å². The number of carbonyl (C=O) groups excluding carboxylic acids is 1. The topological polar surface area (TPSA) is 82.7 Å². The average Bonchev–Trinajstić information content (AvgIpc) is 3.18. The van der Waals surface area contributed by atoms with Crippen LogP contribution in [0.4, 0.5) is 0 Å². The molecule has 3 rings (SSSR count). The van der Waals surface area contributed by atoms with E-state index in [1.807, 2.05) is 17.5 Å². The van der Waals surface area contributed by atoms with Gasteiger partial charge in [-0.25, -0.2) is 0 Å². The molecule has 0 aliphatic carbocycles. The molecule has 0 atom stereocenters. The Morgan fingerprint density at radius 1 is 1.38 bits per heavy atom. The maximum atomic E-state index is 11.4. The molecule has 1 amide bonds. The molecule has 1 N–H and O–H groups in total. The molecule has 112 valence electrons. The second-order valence-electron chi connectivity index (χ2n) is 4.80. The lowest BCUT2D eigenvalue weighted by Gasteiger charge is -2.33. The highest BCUT2D eigenvalue weighted by molar-refractivity contribution is 7.13. The Morgan fingerprint density at radius 3 is 2.86 bits per heavy atom. The molecule has 0 bridgehead atoms. The standard InChI is InChI=1S/C13H16N4O3S/c18-9-12(19)17-5-3-16(4-6-17)8-11-14-13(15-20-11)10-2-1-7-21-10/h1-2,7,18H,3-6,8-9H2. The fourth-order valence-electron chi connectivity index (χ4n) is 2.27. The Balaban J connectivity index is 1.55. The smallest absolute Gasteiger partial charge is 0.248 e. The molecule has 0 spiro atoms. The third-order valence-corrected chi connectivity index (χ3v) is 4.29. The molecule has 0 aromatic carbocycles. The monoisotopic (exact) mass is 308 g/mol. The van der Waals surface area contributed by atoms with Crippen LogP contribution in [0.25, 0.3) is 10.7 Å². The number of piperazine rings is 1. The zero-order valence-corrected chi connectivity index (χ0v) is 12.3. The third kappa shape index (κ3) is 3.29. The Labute approximate surface area is 125 Å². The van der Waals surface area contributed by atoms with Crippen molar-refractivity contribution in [2.75, 3.05) is 32.8 Å². The number of hydrogen-bond acceptors (Lipinski definition) is 7. The molecule has 21 heavy (non-hydrogen) atoms. The molecule has 0 unspecified atom stereocenters. The van der Waals surface area contributed by atoms with Gasteiger partial charge in [0.2, 0.25) is 17.6 Å². The van der Waals surface area contributed by atoms with Crippen LogP contribution in [0.1, 0.15) is 5.89 Å². The van der Waals surface area contributed by atoms with Crippen LogP contribution >= 0.6 is 11.3 Å². The first-order valence-corrected chi connectivity index (χ1v) is 7.61. The summed E-state index contributed by atoms with van der Waals surface area (Å²) in [6.07, 6.45) is 0. The second kappa shape index (κ2) is 6.33. The predicted octanol–water partition coefficient (Wildman–Crippen LogP) is 0.435. The summed E-state index contributed by atoms with van der Waals surface area (Å²) < 4.78 is 5.27. The molecule has 2 aromatic heterocycles. The van der Waals surface area contributed by atoms with Gasteiger partial charge in [0, 0.05) is 26.2 Å². The van der Waals surface area contributed by atoms with Crippen LogP contribution < -0.4 is 0 Å². The number of rotatable bonds is 4. The first kappa shape index (κ1) is 14.2. The Hall–Kier alpha value is -1.77. The minimum absolute atomic E-state index is 0.215. The molecule has 3 heterocycles. The van der Waals surface area contributed by atoms with Crippen molar-refractivity contribution < 1.29 is 14.4 Å². The van der Waals surface area contributed by atoms with Gasteiger partial charge in [-0.05, 0) is 11.4 Å². The van der Waals surface area contributed by atoms with Gasteiger partial charge in [-0.2, -0.15) is 4.98 Å². The van der Waals surface area contributed by atoms with E-state index < -0.39 is 6.61 Å². The largest absolute Gasteiger partial charge is 0.387 e. The van der Waals surface area contributed by atoms with Crippen molar-refractivity contribution in [3.8, 4) is 10.7 Å². The van der Waals surface area contributed by atoms with Crippen molar-refractivity contribution in [1.29, 1.82) is 0 Å². The maximum Gasteiger partial charge on any atom is 0.248 e. The number of aromatic nitrogens is 2. The van der Waals surface area contributed by atoms with E-state index in [1.165, 1.54) is 0 Å². The lowest BCUT2D eigenvalue weighted by molar-refractivity contribution is -0.136. The van der Waals surface area contributed by atoms with E-state index in [9.17, 15) is 4.79 Å². The van der Waals surface area contributed by atoms with Gasteiger partial charge in [0.1, 0.15) is 6.61 Å². The van der Waals surface area contributed by atoms with E-state index in [0.29, 0.717) is 31.3 Å². The highest BCUT2D eigenvalue weighted by Crippen LogP contribution is 2.21. The second-order valence-corrected chi connectivity index (χ2v) is 5.75. The number of amides is 1. The van der Waals surface area contributed by atoms with E-state index in [2.05, 4.69) is 15.0 Å². The van der Waals surface area contributed by atoms with E-state index in [4.69, 9.17) is 9.63 Å². The first-order valence-electron chi connectivity index (χ1n) is 6.73. The van der Waals surface area contributed by atoms with Crippen molar-refractivity contribution in [2.24, 2.45) is 0 Å². The SMILES string of the molecule is O=C(CO)N1CCN(Cc2nc(-c3cccs3)no2)CC1. The molecule has 0 saturated carbocycles. The number of thiophene rings is 1. The van der Waals surface area contributed by atoms with Crippen molar-refractivity contribution in [3.63, 3.8) is 0 Å². The van der Waals surface area contributed by atoms with Gasteiger partial charge in [-0.15, -0.1) is 11.3 Å². The van der Waals surface area contributed by atoms with Crippen LogP contribution in [0.5, 0.6) is 0 Å². The summed E-state index contributed by atoms with van der Waals surface area (Å²) in [7, 11) is 0. The molecular formula is C13H16N4O3S. The average molecular weight is 308 g/mol. The van der Waals surface area contributed by atoms with Crippen molar-refractivity contribution in [2.45, 2.75) is 6.54 Å². The minimum Gasteiger partial charge on any atom is -0.387 e. The molecule has 8 heteroatoms. The summed E-state index contributed by atoms with van der Waals surface area (Å²) in [5, 5.41) is 14.8. The fraction of sp³-hybridized carbons (Fsp3) is 0.462. The van der Waals surface area contributed by atoms with Crippen LogP contribution in [0.15, 0.2) is 22.0 Å². The normalized spacial score (nSPS) is 16.3. The van der Waals surface area contributed by atoms with Crippen LogP contribution in [0.3, 0.4) is 0 Å². The zero-order valence-electron chi connectivity index (χ0n) is 11.4. The maximum absolute atomic E-state index is 11.4. The van der Waals surface area contributed by atoms with E-state index in [1.54, 1.807) is 16.2 Å². The molecule has 1 fully saturated rings. The van der Waals surface area contributed by atoms with Gasteiger partial charge in [-0.1, -0.05) is 11.2 Å². The van der Waals surface area contributed by atoms with Crippen molar-refractivity contribution in [1.82, 2.24) is 19.9 Å². The summed E-state index contributed by atoms with van der Waals surface area (Å²) >= 11 is 1.57. The fourth-order valence-corrected chi connectivity index (χ4v) is 2.92. The lowest BCUT2D eigenvalue weighted by Crippen LogP contribution is -2.49. The molecular weight excluding hydrogens is 292 g/mol. The highest BCUT2D eigenvalue weighted by atomic mass is 32.1. The summed E-state index contributed by atoms with van der Waals surface area (Å²) in [5.74, 6) is 0.988. The van der Waals surface area contributed by atoms with Crippen molar-refractivity contribution in [3.05, 3.63) is 23.4 Å². The van der Waals surface area contributed by atoms with Gasteiger partial charge in [0.05, 0.1) is 11.4 Å². The van der Waals surface area contributed by atoms with Crippen LogP contribution in [-0.2, 0) is 11.3 Å². The number of aliphatic hydroxyl groups excluding tert-OH is 1. The minimum atomic E-state index is -0.423. The molecule has 0 radical (unpaired) electrons. The summed E-state index contributed by atoms with van der Waals surface area (Å²) in [6, 6.07) is 3.91. The highest BCUT2D eigenvalue weighted by Gasteiger charge is 2.22. The summed E-state index contributed by atoms with van der Waals surface area (Å²) in [6.45, 7) is 2.87. The Kier molecular flexibility index (Phi) is 4.28. The number of nitrogens with zero attached hydrogens (tertiary/aromatic N) is 4. The quantitative estimate of drug-likeness (QED) is 0.882. The Bertz CT molecular complexity index is 590. The molecule has 1 aliphatic rings. The summed E-state index contributed by atoms with van der Waals surface area (Å²) in [5.41, 5.74) is 0. The van der Waals surface area contributed by atoms with Gasteiger partial charge >= 0.3 is 0 Å². The number of carbonyl (C=O) groups is 1. The molecule has 2 aromatic rings.